The summed E-state index contributed by atoms with van der Waals surface area (Å²) in [6.45, 7) is 0.248. The number of phenolic OH excluding ortho intramolecular Hbond substituents is 1. The zero-order valence-electron chi connectivity index (χ0n) is 30.1. The number of amides is 4. The molecule has 9 nitrogen and oxygen atoms in total. The summed E-state index contributed by atoms with van der Waals surface area (Å²) in [7, 11) is 0. The van der Waals surface area contributed by atoms with Gasteiger partial charge >= 0.3 is 0 Å². The van der Waals surface area contributed by atoms with E-state index in [-0.39, 0.29) is 37.0 Å². The summed E-state index contributed by atoms with van der Waals surface area (Å²) in [5, 5.41) is 13.4. The van der Waals surface area contributed by atoms with Gasteiger partial charge < -0.3 is 9.84 Å². The number of hydrogen-bond acceptors (Lipinski definition) is 7. The SMILES string of the molecule is O=C1C2CC3C(=CCC4C(=O)N(c5ccc(Br)cc5)C(=O)C43)C(c3ccc(OCc4ccccc4)cc3O)C2(c2ccc(Cl)cc2)C(=O)N1Nc1ccc(F)cc1. The van der Waals surface area contributed by atoms with Crippen LogP contribution >= 0.6 is 27.5 Å². The Bertz CT molecular complexity index is 2460. The van der Waals surface area contributed by atoms with E-state index in [1.807, 2.05) is 36.4 Å². The van der Waals surface area contributed by atoms with Crippen molar-refractivity contribution in [3.63, 3.8) is 0 Å². The lowest BCUT2D eigenvalue weighted by Gasteiger charge is -2.50. The molecule has 2 heterocycles. The van der Waals surface area contributed by atoms with Gasteiger partial charge in [-0.15, -0.1) is 0 Å². The number of benzene rings is 5. The lowest BCUT2D eigenvalue weighted by molar-refractivity contribution is -0.138. The van der Waals surface area contributed by atoms with Gasteiger partial charge in [0.2, 0.25) is 11.8 Å². The van der Waals surface area contributed by atoms with Gasteiger partial charge in [-0.3, -0.25) is 29.5 Å². The fourth-order valence-electron chi connectivity index (χ4n) is 9.44. The third-order valence-electron chi connectivity index (χ3n) is 11.9. The fourth-order valence-corrected chi connectivity index (χ4v) is 9.83. The number of imide groups is 2. The lowest BCUT2D eigenvalue weighted by Crippen LogP contribution is -2.53. The van der Waals surface area contributed by atoms with Gasteiger partial charge in [0.15, 0.2) is 0 Å². The van der Waals surface area contributed by atoms with Gasteiger partial charge in [-0.1, -0.05) is 87.7 Å². The topological polar surface area (TPSA) is 116 Å². The monoisotopic (exact) mass is 845 g/mol. The van der Waals surface area contributed by atoms with E-state index in [1.165, 1.54) is 35.2 Å². The van der Waals surface area contributed by atoms with Crippen LogP contribution in [0.15, 0.2) is 137 Å². The molecular formula is C45H34BrClFN3O6. The van der Waals surface area contributed by atoms with Crippen LogP contribution in [0.3, 0.4) is 0 Å². The average Bonchev–Trinajstić information content (AvgIpc) is 3.59. The molecule has 2 aliphatic heterocycles. The summed E-state index contributed by atoms with van der Waals surface area (Å²) in [4.78, 5) is 60.2. The summed E-state index contributed by atoms with van der Waals surface area (Å²) < 4.78 is 20.8. The predicted octanol–water partition coefficient (Wildman–Crippen LogP) is 8.72. The molecule has 0 aromatic heterocycles. The van der Waals surface area contributed by atoms with Gasteiger partial charge in [-0.05, 0) is 96.6 Å². The van der Waals surface area contributed by atoms with Crippen molar-refractivity contribution in [2.45, 2.75) is 30.8 Å². The molecular weight excluding hydrogens is 813 g/mol. The van der Waals surface area contributed by atoms with Crippen LogP contribution in [0.1, 0.15) is 35.4 Å². The minimum atomic E-state index is -1.65. The van der Waals surface area contributed by atoms with Crippen LogP contribution in [0.2, 0.25) is 5.02 Å². The van der Waals surface area contributed by atoms with Gasteiger partial charge in [-0.2, -0.15) is 5.01 Å². The van der Waals surface area contributed by atoms with Crippen molar-refractivity contribution in [3.05, 3.63) is 165 Å². The smallest absolute Gasteiger partial charge is 0.260 e. The Morgan fingerprint density at radius 2 is 1.56 bits per heavy atom. The first-order valence-corrected chi connectivity index (χ1v) is 19.7. The molecule has 5 aromatic rings. The number of halogens is 3. The molecule has 57 heavy (non-hydrogen) atoms. The van der Waals surface area contributed by atoms with Gasteiger partial charge in [0.05, 0.1) is 34.5 Å². The minimum Gasteiger partial charge on any atom is -0.508 e. The van der Waals surface area contributed by atoms with E-state index in [1.54, 1.807) is 60.7 Å². The summed E-state index contributed by atoms with van der Waals surface area (Å²) in [6, 6.07) is 33.5. The molecule has 4 aliphatic rings. The van der Waals surface area contributed by atoms with Gasteiger partial charge in [-0.25, -0.2) is 4.39 Å². The maximum Gasteiger partial charge on any atom is 0.260 e. The van der Waals surface area contributed by atoms with Crippen LogP contribution < -0.4 is 15.1 Å². The number of ether oxygens (including phenoxy) is 1. The number of hydrogen-bond donors (Lipinski definition) is 2. The molecule has 9 rings (SSSR count). The van der Waals surface area contributed by atoms with Crippen LogP contribution in [-0.4, -0.2) is 33.7 Å². The zero-order valence-corrected chi connectivity index (χ0v) is 32.5. The minimum absolute atomic E-state index is 0.0600. The number of carbonyl (C=O) groups is 4. The number of anilines is 2. The Morgan fingerprint density at radius 3 is 2.26 bits per heavy atom. The number of aromatic hydroxyl groups is 1. The van der Waals surface area contributed by atoms with Crippen LogP contribution in [0.5, 0.6) is 11.5 Å². The van der Waals surface area contributed by atoms with E-state index in [4.69, 9.17) is 16.3 Å². The largest absolute Gasteiger partial charge is 0.508 e. The maximum absolute atomic E-state index is 15.4. The van der Waals surface area contributed by atoms with Crippen molar-refractivity contribution in [2.24, 2.45) is 23.7 Å². The standard InChI is InChI=1S/C45H34BrClFN3O6/c46-27-8-16-31(17-9-27)50-41(53)35-21-20-33-36(39(35)43(50)55)23-37-42(54)51(49-30-14-12-29(48)13-15-30)44(56)45(37,26-6-10-28(47)11-7-26)40(33)34-19-18-32(22-38(34)52)57-24-25-4-2-1-3-5-25/h1-20,22,35-37,39-40,49,52H,21,23-24H2. The Labute approximate surface area is 340 Å². The Hall–Kier alpha value is -5.78. The second-order valence-corrected chi connectivity index (χ2v) is 16.2. The first kappa shape index (κ1) is 36.8. The highest BCUT2D eigenvalue weighted by Gasteiger charge is 2.70. The summed E-state index contributed by atoms with van der Waals surface area (Å²) in [5.41, 5.74) is 4.49. The number of hydrazine groups is 1. The molecule has 0 bridgehead atoms. The van der Waals surface area contributed by atoms with Crippen LogP contribution in [0.4, 0.5) is 15.8 Å². The van der Waals surface area contributed by atoms with E-state index < -0.39 is 52.6 Å². The van der Waals surface area contributed by atoms with Crippen molar-refractivity contribution in [2.75, 3.05) is 10.3 Å². The summed E-state index contributed by atoms with van der Waals surface area (Å²) >= 11 is 9.83. The average molecular weight is 847 g/mol. The van der Waals surface area contributed by atoms with E-state index in [2.05, 4.69) is 21.4 Å². The molecule has 2 saturated heterocycles. The normalized spacial score (nSPS) is 25.2. The molecule has 286 valence electrons. The lowest BCUT2D eigenvalue weighted by atomic mass is 9.49. The fraction of sp³-hybridized carbons (Fsp3) is 0.200. The molecule has 6 atom stereocenters. The highest BCUT2D eigenvalue weighted by molar-refractivity contribution is 9.10. The molecule has 0 radical (unpaired) electrons. The predicted molar refractivity (Wildman–Crippen MR) is 215 cm³/mol. The number of allylic oxidation sites excluding steroid dienone is 2. The van der Waals surface area contributed by atoms with Crippen molar-refractivity contribution in [1.82, 2.24) is 5.01 Å². The van der Waals surface area contributed by atoms with Crippen LogP contribution in [0.25, 0.3) is 0 Å². The molecule has 6 unspecified atom stereocenters. The van der Waals surface area contributed by atoms with E-state index in [0.29, 0.717) is 38.8 Å². The maximum atomic E-state index is 15.4. The van der Waals surface area contributed by atoms with Crippen molar-refractivity contribution in [1.29, 1.82) is 0 Å². The first-order valence-electron chi connectivity index (χ1n) is 18.6. The van der Waals surface area contributed by atoms with E-state index in [9.17, 15) is 23.9 Å². The Balaban J connectivity index is 1.20. The number of fused-ring (bicyclic) bond motifs is 4. The van der Waals surface area contributed by atoms with Gasteiger partial charge in [0, 0.05) is 27.0 Å². The number of nitrogens with one attached hydrogen (secondary N) is 1. The highest BCUT2D eigenvalue weighted by Crippen LogP contribution is 2.65. The zero-order chi connectivity index (χ0) is 39.6. The second kappa shape index (κ2) is 14.3. The molecule has 2 aliphatic carbocycles. The third kappa shape index (κ3) is 6.02. The number of phenols is 1. The first-order chi connectivity index (χ1) is 27.6. The van der Waals surface area contributed by atoms with E-state index >= 15 is 4.79 Å². The Kier molecular flexibility index (Phi) is 9.24. The molecule has 5 aromatic carbocycles. The highest BCUT2D eigenvalue weighted by atomic mass is 79.9. The van der Waals surface area contributed by atoms with E-state index in [0.717, 1.165) is 15.0 Å². The summed E-state index contributed by atoms with van der Waals surface area (Å²) in [5.74, 6) is -6.35. The van der Waals surface area contributed by atoms with Crippen molar-refractivity contribution >= 4 is 62.5 Å². The summed E-state index contributed by atoms with van der Waals surface area (Å²) in [6.07, 6.45) is 2.20. The van der Waals surface area contributed by atoms with Crippen molar-refractivity contribution < 1.29 is 33.4 Å². The molecule has 4 amide bonds. The molecule has 0 spiro atoms. The molecule has 12 heteroatoms. The number of carbonyl (C=O) groups excluding carboxylic acids is 4. The van der Waals surface area contributed by atoms with Crippen LogP contribution in [-0.2, 0) is 31.2 Å². The second-order valence-electron chi connectivity index (χ2n) is 14.9. The van der Waals surface area contributed by atoms with Gasteiger partial charge in [0.1, 0.15) is 23.9 Å². The Morgan fingerprint density at radius 1 is 0.842 bits per heavy atom. The third-order valence-corrected chi connectivity index (χ3v) is 12.7. The van der Waals surface area contributed by atoms with Crippen molar-refractivity contribution in [3.8, 4) is 11.5 Å². The van der Waals surface area contributed by atoms with Gasteiger partial charge in [0.25, 0.3) is 11.8 Å². The van der Waals surface area contributed by atoms with Crippen LogP contribution in [0, 0.1) is 29.5 Å². The number of nitrogens with zero attached hydrogens (tertiary/aromatic N) is 2. The molecule has 1 saturated carbocycles. The quantitative estimate of drug-likeness (QED) is 0.119. The molecule has 3 fully saturated rings. The molecule has 2 N–H and O–H groups in total. The number of rotatable bonds is 8.